The van der Waals surface area contributed by atoms with Crippen LogP contribution in [0.5, 0.6) is 11.5 Å². The monoisotopic (exact) mass is 444 g/mol. The Kier molecular flexibility index (Phi) is 5.46. The van der Waals surface area contributed by atoms with E-state index >= 15 is 0 Å². The van der Waals surface area contributed by atoms with Gasteiger partial charge in [-0.2, -0.15) is 4.79 Å². The van der Waals surface area contributed by atoms with Crippen molar-refractivity contribution in [2.75, 3.05) is 0 Å². The molecule has 2 heterocycles. The maximum absolute atomic E-state index is 14.3. The topological polar surface area (TPSA) is 97.2 Å². The molecule has 7 nitrogen and oxygen atoms in total. The van der Waals surface area contributed by atoms with Gasteiger partial charge in [0.2, 0.25) is 0 Å². The van der Waals surface area contributed by atoms with E-state index in [0.717, 1.165) is 54.8 Å². The van der Waals surface area contributed by atoms with Gasteiger partial charge in [0.15, 0.2) is 5.75 Å². The second kappa shape index (κ2) is 8.45. The summed E-state index contributed by atoms with van der Waals surface area (Å²) in [4.78, 5) is 20.8. The SMILES string of the molecule is CC(C)c1ncncc1-c1cc(F)ccc1Oc1cncnc1C1CCC2(CCC2=[N+]=[N-])C1. The van der Waals surface area contributed by atoms with Crippen LogP contribution < -0.4 is 4.74 Å². The molecule has 168 valence electrons. The molecule has 2 saturated carbocycles. The van der Waals surface area contributed by atoms with Crippen molar-refractivity contribution in [3.05, 3.63) is 66.0 Å². The van der Waals surface area contributed by atoms with Crippen molar-refractivity contribution in [2.45, 2.75) is 57.8 Å². The molecule has 0 aliphatic heterocycles. The zero-order valence-electron chi connectivity index (χ0n) is 18.7. The Balaban J connectivity index is 1.51. The van der Waals surface area contributed by atoms with E-state index in [2.05, 4.69) is 24.7 Å². The summed E-state index contributed by atoms with van der Waals surface area (Å²) in [6.45, 7) is 4.07. The Morgan fingerprint density at radius 1 is 1.09 bits per heavy atom. The van der Waals surface area contributed by atoms with Crippen molar-refractivity contribution in [3.63, 3.8) is 0 Å². The highest BCUT2D eigenvalue weighted by Crippen LogP contribution is 2.56. The van der Waals surface area contributed by atoms with E-state index in [1.165, 1.54) is 24.8 Å². The smallest absolute Gasteiger partial charge is 0.274 e. The zero-order chi connectivity index (χ0) is 23.0. The van der Waals surface area contributed by atoms with Gasteiger partial charge in [0.25, 0.3) is 5.71 Å². The first kappa shape index (κ1) is 21.3. The summed E-state index contributed by atoms with van der Waals surface area (Å²) in [5.41, 5.74) is 13.2. The molecule has 1 spiro atoms. The summed E-state index contributed by atoms with van der Waals surface area (Å²) in [6.07, 6.45) is 11.1. The number of aromatic nitrogens is 4. The number of hydrogen-bond acceptors (Lipinski definition) is 5. The molecule has 0 saturated heterocycles. The van der Waals surface area contributed by atoms with E-state index in [1.54, 1.807) is 18.5 Å². The van der Waals surface area contributed by atoms with Gasteiger partial charge >= 0.3 is 0 Å². The van der Waals surface area contributed by atoms with E-state index in [1.807, 2.05) is 13.8 Å². The van der Waals surface area contributed by atoms with Crippen LogP contribution in [0.15, 0.2) is 43.2 Å². The maximum Gasteiger partial charge on any atom is 0.274 e. The van der Waals surface area contributed by atoms with Gasteiger partial charge in [0.05, 0.1) is 23.0 Å². The number of nitrogens with zero attached hydrogens (tertiary/aromatic N) is 6. The Bertz CT molecular complexity index is 1260. The fourth-order valence-electron chi connectivity index (χ4n) is 5.23. The van der Waals surface area contributed by atoms with Gasteiger partial charge < -0.3 is 10.3 Å². The van der Waals surface area contributed by atoms with Crippen LogP contribution >= 0.6 is 0 Å². The van der Waals surface area contributed by atoms with Crippen LogP contribution in [0, 0.1) is 11.2 Å². The van der Waals surface area contributed by atoms with Gasteiger partial charge in [-0.3, -0.25) is 0 Å². The van der Waals surface area contributed by atoms with Crippen molar-refractivity contribution in [1.82, 2.24) is 19.9 Å². The lowest BCUT2D eigenvalue weighted by molar-refractivity contribution is -0.0370. The van der Waals surface area contributed by atoms with Gasteiger partial charge in [-0.05, 0) is 49.8 Å². The standard InChI is InChI=1S/C25H25FN6O/c1-15(2)23-19(11-28-13-30-23)18-9-17(26)3-4-20(18)33-21-12-29-14-31-24(21)16-5-7-25(10-16)8-6-22(25)32-27/h3-4,9,11-16H,5-8,10H2,1-2H3. The Morgan fingerprint density at radius 3 is 2.67 bits per heavy atom. The van der Waals surface area contributed by atoms with E-state index in [0.29, 0.717) is 17.1 Å². The van der Waals surface area contributed by atoms with Crippen LogP contribution in [0.4, 0.5) is 4.39 Å². The average molecular weight is 445 g/mol. The molecular weight excluding hydrogens is 419 g/mol. The van der Waals surface area contributed by atoms with E-state index in [4.69, 9.17) is 4.74 Å². The zero-order valence-corrected chi connectivity index (χ0v) is 18.7. The van der Waals surface area contributed by atoms with Crippen LogP contribution in [0.1, 0.15) is 69.2 Å². The predicted molar refractivity (Wildman–Crippen MR) is 121 cm³/mol. The first-order valence-electron chi connectivity index (χ1n) is 11.3. The lowest BCUT2D eigenvalue weighted by Crippen LogP contribution is -2.39. The average Bonchev–Trinajstić information content (AvgIpc) is 3.28. The van der Waals surface area contributed by atoms with E-state index in [9.17, 15) is 9.92 Å². The van der Waals surface area contributed by atoms with Crippen LogP contribution in [0.2, 0.25) is 0 Å². The van der Waals surface area contributed by atoms with E-state index < -0.39 is 0 Å². The number of halogens is 1. The third-order valence-corrected chi connectivity index (χ3v) is 7.02. The summed E-state index contributed by atoms with van der Waals surface area (Å²) in [5, 5.41) is 0. The molecule has 0 radical (unpaired) electrons. The Hall–Kier alpha value is -3.51. The minimum Gasteiger partial charge on any atom is -0.453 e. The van der Waals surface area contributed by atoms with Crippen molar-refractivity contribution in [3.8, 4) is 22.6 Å². The second-order valence-corrected chi connectivity index (χ2v) is 9.26. The largest absolute Gasteiger partial charge is 0.453 e. The summed E-state index contributed by atoms with van der Waals surface area (Å²) < 4.78 is 20.6. The highest BCUT2D eigenvalue weighted by Gasteiger charge is 2.55. The summed E-state index contributed by atoms with van der Waals surface area (Å²) in [6, 6.07) is 4.45. The molecule has 8 heteroatoms. The first-order chi connectivity index (χ1) is 16.0. The van der Waals surface area contributed by atoms with Crippen molar-refractivity contribution < 1.29 is 13.9 Å². The molecule has 2 aromatic heterocycles. The molecule has 3 aromatic rings. The molecule has 0 N–H and O–H groups in total. The molecule has 1 aromatic carbocycles. The normalized spacial score (nSPS) is 21.8. The quantitative estimate of drug-likeness (QED) is 0.371. The fraction of sp³-hybridized carbons (Fsp3) is 0.400. The van der Waals surface area contributed by atoms with Gasteiger partial charge in [-0.15, -0.1) is 0 Å². The molecule has 0 bridgehead atoms. The number of benzene rings is 1. The highest BCUT2D eigenvalue weighted by atomic mass is 19.1. The minimum atomic E-state index is -0.362. The number of ether oxygens (including phenoxy) is 1. The van der Waals surface area contributed by atoms with Crippen LogP contribution in [-0.2, 0) is 0 Å². The predicted octanol–water partition coefficient (Wildman–Crippen LogP) is 5.71. The highest BCUT2D eigenvalue weighted by molar-refractivity contribution is 5.91. The third kappa shape index (κ3) is 3.80. The molecule has 2 aliphatic carbocycles. The lowest BCUT2D eigenvalue weighted by atomic mass is 9.65. The van der Waals surface area contributed by atoms with Crippen molar-refractivity contribution >= 4 is 5.71 Å². The van der Waals surface area contributed by atoms with E-state index in [-0.39, 0.29) is 23.1 Å². The van der Waals surface area contributed by atoms with Gasteiger partial charge in [0.1, 0.15) is 24.2 Å². The molecule has 33 heavy (non-hydrogen) atoms. The van der Waals surface area contributed by atoms with Gasteiger partial charge in [-0.1, -0.05) is 13.8 Å². The summed E-state index contributed by atoms with van der Waals surface area (Å²) in [5.74, 6) is 0.999. The Morgan fingerprint density at radius 2 is 1.91 bits per heavy atom. The molecule has 2 atom stereocenters. The summed E-state index contributed by atoms with van der Waals surface area (Å²) in [7, 11) is 0. The molecule has 0 amide bonds. The van der Waals surface area contributed by atoms with Crippen molar-refractivity contribution in [2.24, 2.45) is 5.41 Å². The Labute approximate surface area is 191 Å². The second-order valence-electron chi connectivity index (χ2n) is 9.26. The molecule has 5 rings (SSSR count). The van der Waals surface area contributed by atoms with Gasteiger partial charge in [0, 0.05) is 29.7 Å². The molecule has 2 aliphatic rings. The van der Waals surface area contributed by atoms with Crippen LogP contribution in [0.25, 0.3) is 16.7 Å². The minimum absolute atomic E-state index is 0.0176. The number of hydrogen-bond donors (Lipinski definition) is 0. The van der Waals surface area contributed by atoms with Crippen LogP contribution in [0.3, 0.4) is 0 Å². The number of rotatable bonds is 5. The maximum atomic E-state index is 14.3. The van der Waals surface area contributed by atoms with Crippen molar-refractivity contribution in [1.29, 1.82) is 0 Å². The summed E-state index contributed by atoms with van der Waals surface area (Å²) >= 11 is 0. The molecule has 2 unspecified atom stereocenters. The van der Waals surface area contributed by atoms with Crippen LogP contribution in [-0.4, -0.2) is 30.4 Å². The fourth-order valence-corrected chi connectivity index (χ4v) is 5.23. The van der Waals surface area contributed by atoms with Gasteiger partial charge in [-0.25, -0.2) is 24.3 Å². The third-order valence-electron chi connectivity index (χ3n) is 7.02. The first-order valence-corrected chi connectivity index (χ1v) is 11.3. The molecule has 2 fully saturated rings. The lowest BCUT2D eigenvalue weighted by Gasteiger charge is -2.32. The molecular formula is C25H25FN6O.